The first kappa shape index (κ1) is 18.8. The Kier molecular flexibility index (Phi) is 6.02. The molecule has 0 aliphatic carbocycles. The van der Waals surface area contributed by atoms with Gasteiger partial charge in [-0.1, -0.05) is 0 Å². The van der Waals surface area contributed by atoms with Gasteiger partial charge in [-0.05, 0) is 71.0 Å². The third-order valence-electron chi connectivity index (χ3n) is 3.78. The maximum atomic E-state index is 12.5. The zero-order valence-corrected chi connectivity index (χ0v) is 15.8. The molecule has 1 heterocycles. The fraction of sp³-hybridized carbons (Fsp3) is 0.400. The molecule has 5 nitrogen and oxygen atoms in total. The first-order valence-corrected chi connectivity index (χ1v) is 8.73. The Morgan fingerprint density at radius 2 is 1.72 bits per heavy atom. The standard InChI is InChI=1S/C20H28N4O/c1-6-24(7-2)17-10-8-16(9-11-17)22-19(25)15-12-13-21-18(14-15)23-20(3,4)5/h8-14H,6-7H2,1-5H3,(H,21,23)(H,22,25). The fourth-order valence-corrected chi connectivity index (χ4v) is 2.57. The molecule has 0 spiro atoms. The summed E-state index contributed by atoms with van der Waals surface area (Å²) in [6, 6.07) is 11.4. The molecule has 25 heavy (non-hydrogen) atoms. The molecule has 2 aromatic rings. The third-order valence-corrected chi connectivity index (χ3v) is 3.78. The minimum atomic E-state index is -0.144. The molecule has 0 saturated heterocycles. The molecule has 1 aromatic heterocycles. The van der Waals surface area contributed by atoms with Crippen LogP contribution in [0.15, 0.2) is 42.6 Å². The van der Waals surface area contributed by atoms with E-state index < -0.39 is 0 Å². The van der Waals surface area contributed by atoms with Gasteiger partial charge < -0.3 is 15.5 Å². The van der Waals surface area contributed by atoms with E-state index in [4.69, 9.17) is 0 Å². The van der Waals surface area contributed by atoms with Crippen LogP contribution in [0.5, 0.6) is 0 Å². The number of benzene rings is 1. The normalized spacial score (nSPS) is 11.1. The van der Waals surface area contributed by atoms with E-state index in [0.29, 0.717) is 11.4 Å². The summed E-state index contributed by atoms with van der Waals surface area (Å²) >= 11 is 0. The van der Waals surface area contributed by atoms with Crippen LogP contribution in [0.1, 0.15) is 45.0 Å². The van der Waals surface area contributed by atoms with Crippen LogP contribution in [0.4, 0.5) is 17.2 Å². The monoisotopic (exact) mass is 340 g/mol. The number of carbonyl (C=O) groups excluding carboxylic acids is 1. The van der Waals surface area contributed by atoms with Crippen LogP contribution in [-0.4, -0.2) is 29.5 Å². The molecule has 5 heteroatoms. The molecular weight excluding hydrogens is 312 g/mol. The lowest BCUT2D eigenvalue weighted by molar-refractivity contribution is 0.102. The van der Waals surface area contributed by atoms with E-state index in [-0.39, 0.29) is 11.4 Å². The van der Waals surface area contributed by atoms with Gasteiger partial charge in [0.2, 0.25) is 0 Å². The van der Waals surface area contributed by atoms with Crippen molar-refractivity contribution in [3.05, 3.63) is 48.2 Å². The van der Waals surface area contributed by atoms with E-state index in [1.54, 1.807) is 18.3 Å². The van der Waals surface area contributed by atoms with Gasteiger partial charge in [0.05, 0.1) is 0 Å². The Labute approximate surface area is 150 Å². The number of carbonyl (C=O) groups is 1. The van der Waals surface area contributed by atoms with Crippen molar-refractivity contribution in [3.8, 4) is 0 Å². The molecule has 1 amide bonds. The number of aromatic nitrogens is 1. The average molecular weight is 340 g/mol. The topological polar surface area (TPSA) is 57.3 Å². The molecule has 0 atom stereocenters. The number of nitrogens with one attached hydrogen (secondary N) is 2. The van der Waals surface area contributed by atoms with Gasteiger partial charge in [0.15, 0.2) is 0 Å². The number of nitrogens with zero attached hydrogens (tertiary/aromatic N) is 2. The molecule has 0 aliphatic rings. The van der Waals surface area contributed by atoms with Crippen LogP contribution in [0, 0.1) is 0 Å². The van der Waals surface area contributed by atoms with E-state index in [1.165, 1.54) is 0 Å². The van der Waals surface area contributed by atoms with Crippen LogP contribution < -0.4 is 15.5 Å². The van der Waals surface area contributed by atoms with Crippen molar-refractivity contribution in [2.45, 2.75) is 40.2 Å². The lowest BCUT2D eigenvalue weighted by Gasteiger charge is -2.21. The van der Waals surface area contributed by atoms with Gasteiger partial charge in [0, 0.05) is 41.8 Å². The van der Waals surface area contributed by atoms with Gasteiger partial charge in [-0.25, -0.2) is 4.98 Å². The molecular formula is C20H28N4O. The Morgan fingerprint density at radius 1 is 1.08 bits per heavy atom. The summed E-state index contributed by atoms with van der Waals surface area (Å²) < 4.78 is 0. The van der Waals surface area contributed by atoms with Crippen LogP contribution in [0.2, 0.25) is 0 Å². The SMILES string of the molecule is CCN(CC)c1ccc(NC(=O)c2ccnc(NC(C)(C)C)c2)cc1. The Balaban J connectivity index is 2.08. The number of hydrogen-bond donors (Lipinski definition) is 2. The van der Waals surface area contributed by atoms with Crippen LogP contribution in [0.3, 0.4) is 0 Å². The highest BCUT2D eigenvalue weighted by Gasteiger charge is 2.13. The molecule has 0 unspecified atom stereocenters. The lowest BCUT2D eigenvalue weighted by Crippen LogP contribution is -2.27. The zero-order valence-electron chi connectivity index (χ0n) is 15.8. The predicted molar refractivity (Wildman–Crippen MR) is 106 cm³/mol. The van der Waals surface area contributed by atoms with Crippen LogP contribution >= 0.6 is 0 Å². The Bertz CT molecular complexity index is 700. The molecule has 0 fully saturated rings. The van der Waals surface area contributed by atoms with Crippen molar-refractivity contribution in [2.75, 3.05) is 28.6 Å². The van der Waals surface area contributed by atoms with E-state index in [0.717, 1.165) is 24.5 Å². The number of anilines is 3. The highest BCUT2D eigenvalue weighted by atomic mass is 16.1. The van der Waals surface area contributed by atoms with E-state index in [1.807, 2.05) is 24.3 Å². The quantitative estimate of drug-likeness (QED) is 0.819. The summed E-state index contributed by atoms with van der Waals surface area (Å²) in [6.07, 6.45) is 1.65. The third kappa shape index (κ3) is 5.48. The minimum Gasteiger partial charge on any atom is -0.372 e. The highest BCUT2D eigenvalue weighted by Crippen LogP contribution is 2.19. The van der Waals surface area contributed by atoms with Crippen molar-refractivity contribution >= 4 is 23.1 Å². The molecule has 2 N–H and O–H groups in total. The van der Waals surface area contributed by atoms with Crippen molar-refractivity contribution in [1.29, 1.82) is 0 Å². The predicted octanol–water partition coefficient (Wildman–Crippen LogP) is 4.39. The van der Waals surface area contributed by atoms with Gasteiger partial charge in [-0.15, -0.1) is 0 Å². The summed E-state index contributed by atoms with van der Waals surface area (Å²) in [6.45, 7) is 12.3. The van der Waals surface area contributed by atoms with Gasteiger partial charge in [-0.2, -0.15) is 0 Å². The zero-order chi connectivity index (χ0) is 18.4. The number of rotatable bonds is 6. The van der Waals surface area contributed by atoms with Gasteiger partial charge in [0.25, 0.3) is 5.91 Å². The Morgan fingerprint density at radius 3 is 2.28 bits per heavy atom. The van der Waals surface area contributed by atoms with Crippen LogP contribution in [0.25, 0.3) is 0 Å². The van der Waals surface area contributed by atoms with Gasteiger partial charge >= 0.3 is 0 Å². The maximum Gasteiger partial charge on any atom is 0.255 e. The average Bonchev–Trinajstić information content (AvgIpc) is 2.56. The van der Waals surface area contributed by atoms with Crippen LogP contribution in [-0.2, 0) is 0 Å². The smallest absolute Gasteiger partial charge is 0.255 e. The second kappa shape index (κ2) is 8.01. The Hall–Kier alpha value is -2.56. The number of pyridine rings is 1. The van der Waals surface area contributed by atoms with Crippen molar-refractivity contribution < 1.29 is 4.79 Å². The second-order valence-electron chi connectivity index (χ2n) is 6.98. The molecule has 0 radical (unpaired) electrons. The van der Waals surface area contributed by atoms with Crippen molar-refractivity contribution in [1.82, 2.24) is 4.98 Å². The summed E-state index contributed by atoms with van der Waals surface area (Å²) in [5.74, 6) is 0.548. The minimum absolute atomic E-state index is 0.109. The number of hydrogen-bond acceptors (Lipinski definition) is 4. The largest absolute Gasteiger partial charge is 0.372 e. The first-order valence-electron chi connectivity index (χ1n) is 8.73. The van der Waals surface area contributed by atoms with E-state index >= 15 is 0 Å². The van der Waals surface area contributed by atoms with Crippen molar-refractivity contribution in [3.63, 3.8) is 0 Å². The molecule has 1 aromatic carbocycles. The lowest BCUT2D eigenvalue weighted by atomic mass is 10.1. The highest BCUT2D eigenvalue weighted by molar-refractivity contribution is 6.04. The molecule has 0 aliphatic heterocycles. The van der Waals surface area contributed by atoms with Gasteiger partial charge in [0.1, 0.15) is 5.82 Å². The molecule has 0 bridgehead atoms. The maximum absolute atomic E-state index is 12.5. The van der Waals surface area contributed by atoms with Gasteiger partial charge in [-0.3, -0.25) is 4.79 Å². The summed E-state index contributed by atoms with van der Waals surface area (Å²) in [5.41, 5.74) is 2.41. The van der Waals surface area contributed by atoms with E-state index in [2.05, 4.69) is 55.1 Å². The molecule has 2 rings (SSSR count). The summed E-state index contributed by atoms with van der Waals surface area (Å²) in [7, 11) is 0. The number of amides is 1. The summed E-state index contributed by atoms with van der Waals surface area (Å²) in [4.78, 5) is 19.0. The molecule has 134 valence electrons. The van der Waals surface area contributed by atoms with Crippen molar-refractivity contribution in [2.24, 2.45) is 0 Å². The second-order valence-corrected chi connectivity index (χ2v) is 6.98. The van der Waals surface area contributed by atoms with E-state index in [9.17, 15) is 4.79 Å². The fourth-order valence-electron chi connectivity index (χ4n) is 2.57. The first-order chi connectivity index (χ1) is 11.8. The summed E-state index contributed by atoms with van der Waals surface area (Å²) in [5, 5.41) is 6.21. The molecule has 0 saturated carbocycles.